The number of amides is 1. The van der Waals surface area contributed by atoms with E-state index >= 15 is 0 Å². The third kappa shape index (κ3) is 6.58. The molecule has 2 aromatic heterocycles. The first-order valence-electron chi connectivity index (χ1n) is 12.4. The monoisotopic (exact) mass is 547 g/mol. The summed E-state index contributed by atoms with van der Waals surface area (Å²) in [5.74, 6) is 1.34. The highest BCUT2D eigenvalue weighted by atomic mass is 32.2. The van der Waals surface area contributed by atoms with E-state index in [0.717, 1.165) is 30.4 Å². The Morgan fingerprint density at radius 2 is 1.89 bits per heavy atom. The molecule has 1 fully saturated rings. The Morgan fingerprint density at radius 1 is 1.14 bits per heavy atom. The number of nitrogens with zero attached hydrogens (tertiary/aromatic N) is 5. The van der Waals surface area contributed by atoms with Crippen LogP contribution < -0.4 is 10.6 Å². The second-order valence-electron chi connectivity index (χ2n) is 8.62. The maximum atomic E-state index is 12.7. The van der Waals surface area contributed by atoms with Crippen molar-refractivity contribution < 1.29 is 17.9 Å². The molecule has 200 valence electrons. The lowest BCUT2D eigenvalue weighted by molar-refractivity contribution is 0.0952. The van der Waals surface area contributed by atoms with E-state index < -0.39 is 10.0 Å². The standard InChI is InChI=1S/C24H33N7O4S2/c1-3-16-36-24-28-21(25-11-15-35-2)20-17-27-31(22(20)29-24)14-10-26-23(32)18-6-8-19(9-7-18)37(33,34)30-12-4-5-13-30/h6-9,17H,3-5,10-16H2,1-2H3,(H,26,32)(H,25,28,29). The van der Waals surface area contributed by atoms with Crippen molar-refractivity contribution >= 4 is 44.5 Å². The van der Waals surface area contributed by atoms with Gasteiger partial charge in [-0.25, -0.2) is 23.1 Å². The van der Waals surface area contributed by atoms with Gasteiger partial charge in [0.15, 0.2) is 10.8 Å². The fraction of sp³-hybridized carbons (Fsp3) is 0.500. The number of ether oxygens (including phenoxy) is 1. The minimum Gasteiger partial charge on any atom is -0.383 e. The quantitative estimate of drug-likeness (QED) is 0.188. The molecule has 0 bridgehead atoms. The summed E-state index contributed by atoms with van der Waals surface area (Å²) in [6, 6.07) is 6.08. The Kier molecular flexibility index (Phi) is 9.35. The third-order valence-electron chi connectivity index (χ3n) is 5.94. The molecule has 2 N–H and O–H groups in total. The van der Waals surface area contributed by atoms with Gasteiger partial charge in [-0.2, -0.15) is 9.40 Å². The molecule has 0 spiro atoms. The number of methoxy groups -OCH3 is 1. The molecule has 37 heavy (non-hydrogen) atoms. The number of aromatic nitrogens is 4. The van der Waals surface area contributed by atoms with E-state index in [1.165, 1.54) is 16.4 Å². The first-order chi connectivity index (χ1) is 17.9. The normalized spacial score (nSPS) is 14.3. The average molecular weight is 548 g/mol. The molecule has 0 unspecified atom stereocenters. The van der Waals surface area contributed by atoms with Gasteiger partial charge in [0.05, 0.1) is 29.6 Å². The van der Waals surface area contributed by atoms with Crippen molar-refractivity contribution in [3.63, 3.8) is 0 Å². The number of anilines is 1. The Labute approximate surface area is 221 Å². The van der Waals surface area contributed by atoms with E-state index in [0.29, 0.717) is 61.5 Å². The van der Waals surface area contributed by atoms with Gasteiger partial charge in [-0.15, -0.1) is 0 Å². The van der Waals surface area contributed by atoms with Crippen molar-refractivity contribution in [3.8, 4) is 0 Å². The van der Waals surface area contributed by atoms with Crippen LogP contribution >= 0.6 is 11.8 Å². The van der Waals surface area contributed by atoms with E-state index in [2.05, 4.69) is 27.6 Å². The molecule has 0 saturated carbocycles. The summed E-state index contributed by atoms with van der Waals surface area (Å²) in [4.78, 5) is 22.2. The molecule has 11 nitrogen and oxygen atoms in total. The van der Waals surface area contributed by atoms with Crippen molar-refractivity contribution in [2.24, 2.45) is 0 Å². The SMILES string of the molecule is CCCSc1nc(NCCOC)c2cnn(CCNC(=O)c3ccc(S(=O)(=O)N4CCCC4)cc3)c2n1. The minimum atomic E-state index is -3.51. The lowest BCUT2D eigenvalue weighted by Gasteiger charge is -2.15. The Morgan fingerprint density at radius 3 is 2.59 bits per heavy atom. The summed E-state index contributed by atoms with van der Waals surface area (Å²) in [7, 11) is -1.86. The van der Waals surface area contributed by atoms with Crippen molar-refractivity contribution in [2.75, 3.05) is 51.0 Å². The van der Waals surface area contributed by atoms with E-state index in [4.69, 9.17) is 9.72 Å². The molecule has 0 aliphatic carbocycles. The second kappa shape index (κ2) is 12.7. The maximum Gasteiger partial charge on any atom is 0.251 e. The van der Waals surface area contributed by atoms with Gasteiger partial charge < -0.3 is 15.4 Å². The fourth-order valence-electron chi connectivity index (χ4n) is 4.00. The minimum absolute atomic E-state index is 0.209. The molecule has 1 aliphatic rings. The number of sulfonamides is 1. The summed E-state index contributed by atoms with van der Waals surface area (Å²) in [5, 5.41) is 12.1. The van der Waals surface area contributed by atoms with Crippen LogP contribution in [0.3, 0.4) is 0 Å². The van der Waals surface area contributed by atoms with Crippen molar-refractivity contribution in [1.29, 1.82) is 0 Å². The van der Waals surface area contributed by atoms with Crippen LogP contribution in [0.2, 0.25) is 0 Å². The summed E-state index contributed by atoms with van der Waals surface area (Å²) >= 11 is 1.59. The van der Waals surface area contributed by atoms with Crippen LogP contribution in [0.5, 0.6) is 0 Å². The number of fused-ring (bicyclic) bond motifs is 1. The van der Waals surface area contributed by atoms with Gasteiger partial charge in [0.2, 0.25) is 10.0 Å². The maximum absolute atomic E-state index is 12.7. The Hall–Kier alpha value is -2.74. The topological polar surface area (TPSA) is 131 Å². The highest BCUT2D eigenvalue weighted by Crippen LogP contribution is 2.25. The first-order valence-corrected chi connectivity index (χ1v) is 14.8. The van der Waals surface area contributed by atoms with Crippen LogP contribution in [0.15, 0.2) is 40.5 Å². The molecular formula is C24H33N7O4S2. The Bertz CT molecular complexity index is 1310. The molecule has 1 aromatic carbocycles. The van der Waals surface area contributed by atoms with Crippen LogP contribution in [0.4, 0.5) is 5.82 Å². The largest absolute Gasteiger partial charge is 0.383 e. The van der Waals surface area contributed by atoms with Gasteiger partial charge >= 0.3 is 0 Å². The number of hydrogen-bond acceptors (Lipinski definition) is 9. The molecular weight excluding hydrogens is 514 g/mol. The van der Waals surface area contributed by atoms with E-state index in [9.17, 15) is 13.2 Å². The number of carbonyl (C=O) groups excluding carboxylic acids is 1. The molecule has 1 saturated heterocycles. The zero-order valence-electron chi connectivity index (χ0n) is 21.1. The molecule has 1 amide bonds. The summed E-state index contributed by atoms with van der Waals surface area (Å²) in [6.07, 6.45) is 4.48. The molecule has 13 heteroatoms. The predicted octanol–water partition coefficient (Wildman–Crippen LogP) is 2.60. The number of carbonyl (C=O) groups is 1. The predicted molar refractivity (Wildman–Crippen MR) is 143 cm³/mol. The Balaban J connectivity index is 1.40. The van der Waals surface area contributed by atoms with Gasteiger partial charge in [-0.1, -0.05) is 18.7 Å². The lowest BCUT2D eigenvalue weighted by Crippen LogP contribution is -2.29. The van der Waals surface area contributed by atoms with Gasteiger partial charge in [0.1, 0.15) is 5.82 Å². The molecule has 3 heterocycles. The smallest absolute Gasteiger partial charge is 0.251 e. The van der Waals surface area contributed by atoms with E-state index in [1.54, 1.807) is 41.9 Å². The highest BCUT2D eigenvalue weighted by Gasteiger charge is 2.27. The summed E-state index contributed by atoms with van der Waals surface area (Å²) in [6.45, 7) is 5.10. The molecule has 1 aliphatic heterocycles. The second-order valence-corrected chi connectivity index (χ2v) is 11.6. The van der Waals surface area contributed by atoms with Gasteiger partial charge in [0, 0.05) is 44.6 Å². The molecule has 0 atom stereocenters. The van der Waals surface area contributed by atoms with Gasteiger partial charge in [0.25, 0.3) is 5.91 Å². The van der Waals surface area contributed by atoms with Gasteiger partial charge in [-0.3, -0.25) is 4.79 Å². The van der Waals surface area contributed by atoms with Crippen molar-refractivity contribution in [3.05, 3.63) is 36.0 Å². The van der Waals surface area contributed by atoms with E-state index in [1.807, 2.05) is 0 Å². The number of hydrogen-bond donors (Lipinski definition) is 2. The average Bonchev–Trinajstić information content (AvgIpc) is 3.59. The van der Waals surface area contributed by atoms with Crippen LogP contribution in [0.1, 0.15) is 36.5 Å². The molecule has 0 radical (unpaired) electrons. The van der Waals surface area contributed by atoms with Crippen LogP contribution in [-0.4, -0.2) is 84.0 Å². The third-order valence-corrected chi connectivity index (χ3v) is 8.90. The number of rotatable bonds is 13. The fourth-order valence-corrected chi connectivity index (χ4v) is 6.21. The molecule has 3 aromatic rings. The summed E-state index contributed by atoms with van der Waals surface area (Å²) in [5.41, 5.74) is 1.09. The van der Waals surface area contributed by atoms with Crippen molar-refractivity contribution in [1.82, 2.24) is 29.4 Å². The zero-order valence-corrected chi connectivity index (χ0v) is 22.8. The van der Waals surface area contributed by atoms with Crippen molar-refractivity contribution in [2.45, 2.75) is 42.8 Å². The van der Waals surface area contributed by atoms with Crippen LogP contribution in [0, 0.1) is 0 Å². The number of nitrogens with one attached hydrogen (secondary N) is 2. The van der Waals surface area contributed by atoms with Crippen LogP contribution in [0.25, 0.3) is 11.0 Å². The van der Waals surface area contributed by atoms with E-state index in [-0.39, 0.29) is 10.8 Å². The zero-order chi connectivity index (χ0) is 26.3. The molecule has 4 rings (SSSR count). The number of benzene rings is 1. The highest BCUT2D eigenvalue weighted by molar-refractivity contribution is 7.99. The van der Waals surface area contributed by atoms with Gasteiger partial charge in [-0.05, 0) is 43.5 Å². The lowest BCUT2D eigenvalue weighted by atomic mass is 10.2. The first kappa shape index (κ1) is 27.3. The van der Waals surface area contributed by atoms with Crippen LogP contribution in [-0.2, 0) is 21.3 Å². The summed E-state index contributed by atoms with van der Waals surface area (Å²) < 4.78 is 33.8. The number of thioether (sulfide) groups is 1.